The maximum absolute atomic E-state index is 11.9. The van der Waals surface area contributed by atoms with E-state index in [-0.39, 0.29) is 5.41 Å². The van der Waals surface area contributed by atoms with Crippen molar-refractivity contribution in [2.75, 3.05) is 4.72 Å². The summed E-state index contributed by atoms with van der Waals surface area (Å²) in [5, 5.41) is 2.34. The molecular weight excluding hydrogens is 230 g/mol. The van der Waals surface area contributed by atoms with Crippen molar-refractivity contribution in [1.82, 2.24) is 0 Å². The van der Waals surface area contributed by atoms with Crippen molar-refractivity contribution in [3.05, 3.63) is 35.9 Å². The van der Waals surface area contributed by atoms with E-state index >= 15 is 0 Å². The molecule has 0 aliphatic carbocycles. The van der Waals surface area contributed by atoms with Crippen molar-refractivity contribution in [2.24, 2.45) is 0 Å². The normalized spacial score (nSPS) is 18.4. The van der Waals surface area contributed by atoms with Gasteiger partial charge in [0.15, 0.2) is 11.0 Å². The largest absolute Gasteiger partial charge is 0.300 e. The molecule has 2 aromatic rings. The Labute approximate surface area is 104 Å². The molecule has 0 spiro atoms. The topological polar surface area (TPSA) is 29.1 Å². The summed E-state index contributed by atoms with van der Waals surface area (Å²) in [5.74, 6) is 0. The van der Waals surface area contributed by atoms with Crippen LogP contribution >= 0.6 is 0 Å². The van der Waals surface area contributed by atoms with Gasteiger partial charge in [0.1, 0.15) is 0 Å². The van der Waals surface area contributed by atoms with Crippen LogP contribution in [-0.4, -0.2) is 4.21 Å². The van der Waals surface area contributed by atoms with E-state index < -0.39 is 11.0 Å². The summed E-state index contributed by atoms with van der Waals surface area (Å²) in [6, 6.07) is 10.2. The fourth-order valence-corrected chi connectivity index (χ4v) is 3.51. The van der Waals surface area contributed by atoms with Gasteiger partial charge in [-0.3, -0.25) is 0 Å². The number of hydrogen-bond acceptors (Lipinski definition) is 1. The summed E-state index contributed by atoms with van der Waals surface area (Å²) in [6.07, 6.45) is 0. The Bertz CT molecular complexity index is 640. The zero-order valence-corrected chi connectivity index (χ0v) is 11.0. The third-order valence-corrected chi connectivity index (χ3v) is 4.36. The quantitative estimate of drug-likeness (QED) is 0.755. The van der Waals surface area contributed by atoms with Gasteiger partial charge < -0.3 is 4.72 Å². The second-order valence-corrected chi connectivity index (χ2v) is 6.64. The average Bonchev–Trinajstić information content (AvgIpc) is 2.57. The maximum Gasteiger partial charge on any atom is 0.151 e. The summed E-state index contributed by atoms with van der Waals surface area (Å²) in [5.41, 5.74) is 2.39. The van der Waals surface area contributed by atoms with Gasteiger partial charge in [0.05, 0.1) is 10.6 Å². The minimum atomic E-state index is -1.09. The van der Waals surface area contributed by atoms with Gasteiger partial charge in [0.2, 0.25) is 0 Å². The molecule has 0 bridgehead atoms. The molecule has 1 N–H and O–H groups in total. The fraction of sp³-hybridized carbons (Fsp3) is 0.286. The minimum Gasteiger partial charge on any atom is -0.300 e. The van der Waals surface area contributed by atoms with E-state index in [1.807, 2.05) is 18.2 Å². The molecule has 0 saturated carbocycles. The Balaban J connectivity index is 2.45. The maximum atomic E-state index is 11.9. The van der Waals surface area contributed by atoms with Crippen molar-refractivity contribution in [3.63, 3.8) is 0 Å². The van der Waals surface area contributed by atoms with Crippen LogP contribution in [0.4, 0.5) is 5.69 Å². The lowest BCUT2D eigenvalue weighted by atomic mass is 9.83. The first-order valence-corrected chi connectivity index (χ1v) is 6.88. The molecule has 1 unspecified atom stereocenters. The smallest absolute Gasteiger partial charge is 0.151 e. The molecule has 88 valence electrons. The van der Waals surface area contributed by atoms with Crippen molar-refractivity contribution >= 4 is 27.4 Å². The molecule has 0 radical (unpaired) electrons. The van der Waals surface area contributed by atoms with Crippen LogP contribution in [0.25, 0.3) is 10.8 Å². The first-order valence-electron chi connectivity index (χ1n) is 5.73. The van der Waals surface area contributed by atoms with Gasteiger partial charge in [-0.25, -0.2) is 4.21 Å². The molecule has 1 heterocycles. The van der Waals surface area contributed by atoms with Crippen LogP contribution in [0.1, 0.15) is 26.3 Å². The first-order chi connectivity index (χ1) is 7.98. The van der Waals surface area contributed by atoms with Gasteiger partial charge in [-0.15, -0.1) is 0 Å². The first kappa shape index (κ1) is 10.8. The Morgan fingerprint density at radius 1 is 1.12 bits per heavy atom. The zero-order valence-electron chi connectivity index (χ0n) is 10.2. The summed E-state index contributed by atoms with van der Waals surface area (Å²) >= 11 is 0. The van der Waals surface area contributed by atoms with E-state index in [2.05, 4.69) is 37.6 Å². The molecule has 2 aromatic carbocycles. The molecule has 2 nitrogen and oxygen atoms in total. The van der Waals surface area contributed by atoms with Crippen LogP contribution in [-0.2, 0) is 16.4 Å². The number of nitrogens with one attached hydrogen (secondary N) is 1. The van der Waals surface area contributed by atoms with E-state index in [1.165, 1.54) is 10.9 Å². The SMILES string of the molecule is CC(C)(C)c1ccc2c3c(cccc13)S(=O)N2. The predicted molar refractivity (Wildman–Crippen MR) is 72.7 cm³/mol. The highest BCUT2D eigenvalue weighted by Gasteiger charge is 2.24. The fourth-order valence-electron chi connectivity index (χ4n) is 2.42. The Hall–Kier alpha value is -1.35. The highest BCUT2D eigenvalue weighted by Crippen LogP contribution is 2.40. The molecule has 0 amide bonds. The second kappa shape index (κ2) is 3.33. The van der Waals surface area contributed by atoms with Gasteiger partial charge in [-0.05, 0) is 28.5 Å². The molecule has 1 aliphatic heterocycles. The summed E-state index contributed by atoms with van der Waals surface area (Å²) in [6.45, 7) is 6.61. The lowest BCUT2D eigenvalue weighted by Crippen LogP contribution is -2.11. The average molecular weight is 245 g/mol. The van der Waals surface area contributed by atoms with E-state index in [9.17, 15) is 4.21 Å². The Morgan fingerprint density at radius 3 is 2.59 bits per heavy atom. The van der Waals surface area contributed by atoms with Gasteiger partial charge in [0.25, 0.3) is 0 Å². The van der Waals surface area contributed by atoms with Crippen molar-refractivity contribution < 1.29 is 4.21 Å². The van der Waals surface area contributed by atoms with Gasteiger partial charge in [-0.1, -0.05) is 39.0 Å². The van der Waals surface area contributed by atoms with Crippen LogP contribution in [0.5, 0.6) is 0 Å². The second-order valence-electron chi connectivity index (χ2n) is 5.46. The lowest BCUT2D eigenvalue weighted by Gasteiger charge is -2.21. The van der Waals surface area contributed by atoms with Crippen molar-refractivity contribution in [1.29, 1.82) is 0 Å². The molecule has 0 saturated heterocycles. The van der Waals surface area contributed by atoms with Crippen LogP contribution in [0.15, 0.2) is 35.2 Å². The molecule has 3 heteroatoms. The zero-order chi connectivity index (χ0) is 12.2. The monoisotopic (exact) mass is 245 g/mol. The van der Waals surface area contributed by atoms with E-state index in [4.69, 9.17) is 0 Å². The minimum absolute atomic E-state index is 0.0984. The van der Waals surface area contributed by atoms with Gasteiger partial charge >= 0.3 is 0 Å². The molecule has 3 rings (SSSR count). The van der Waals surface area contributed by atoms with Crippen LogP contribution in [0.2, 0.25) is 0 Å². The number of benzene rings is 2. The van der Waals surface area contributed by atoms with Crippen molar-refractivity contribution in [3.8, 4) is 0 Å². The third-order valence-electron chi connectivity index (χ3n) is 3.21. The molecule has 0 aromatic heterocycles. The predicted octanol–water partition coefficient (Wildman–Crippen LogP) is 3.59. The molecule has 17 heavy (non-hydrogen) atoms. The summed E-state index contributed by atoms with van der Waals surface area (Å²) < 4.78 is 14.9. The molecular formula is C14H15NOS. The van der Waals surface area contributed by atoms with Gasteiger partial charge in [0, 0.05) is 5.39 Å². The third kappa shape index (κ3) is 1.49. The van der Waals surface area contributed by atoms with Crippen LogP contribution < -0.4 is 4.72 Å². The summed E-state index contributed by atoms with van der Waals surface area (Å²) in [7, 11) is -1.09. The van der Waals surface area contributed by atoms with E-state index in [1.54, 1.807) is 0 Å². The molecule has 0 fully saturated rings. The Kier molecular flexibility index (Phi) is 2.11. The van der Waals surface area contributed by atoms with Gasteiger partial charge in [-0.2, -0.15) is 0 Å². The highest BCUT2D eigenvalue weighted by molar-refractivity contribution is 7.87. The number of rotatable bonds is 0. The lowest BCUT2D eigenvalue weighted by molar-refractivity contribution is 0.596. The standard InChI is InChI=1S/C14H15NOS/c1-14(2,3)10-7-8-11-13-9(10)5-4-6-12(13)17(16)15-11/h4-8,15H,1-3H3. The number of hydrogen-bond donors (Lipinski definition) is 1. The van der Waals surface area contributed by atoms with Crippen LogP contribution in [0, 0.1) is 0 Å². The highest BCUT2D eigenvalue weighted by atomic mass is 32.2. The van der Waals surface area contributed by atoms with Crippen molar-refractivity contribution in [2.45, 2.75) is 31.1 Å². The van der Waals surface area contributed by atoms with Crippen LogP contribution in [0.3, 0.4) is 0 Å². The Morgan fingerprint density at radius 2 is 1.88 bits per heavy atom. The summed E-state index contributed by atoms with van der Waals surface area (Å²) in [4.78, 5) is 0.906. The van der Waals surface area contributed by atoms with E-state index in [0.717, 1.165) is 16.0 Å². The van der Waals surface area contributed by atoms with E-state index in [0.29, 0.717) is 0 Å². The molecule has 1 atom stereocenters. The molecule has 1 aliphatic rings. The number of anilines is 1.